The molecular formula is C18H25FO4. The highest BCUT2D eigenvalue weighted by Gasteiger charge is 2.23. The van der Waals surface area contributed by atoms with Crippen molar-refractivity contribution in [1.82, 2.24) is 0 Å². The molecule has 0 aliphatic rings. The number of rotatable bonds is 9. The van der Waals surface area contributed by atoms with E-state index in [9.17, 15) is 14.0 Å². The molecule has 0 bridgehead atoms. The Morgan fingerprint density at radius 1 is 1.09 bits per heavy atom. The van der Waals surface area contributed by atoms with E-state index in [4.69, 9.17) is 9.47 Å². The summed E-state index contributed by atoms with van der Waals surface area (Å²) in [7, 11) is 0. The lowest BCUT2D eigenvalue weighted by Gasteiger charge is -2.11. The summed E-state index contributed by atoms with van der Waals surface area (Å²) in [4.78, 5) is 24.1. The zero-order valence-electron chi connectivity index (χ0n) is 14.1. The SMILES string of the molecule is CCCCOC(=O)c1c(F)cccc1C(=O)OCCCC(C)C. The molecule has 0 N–H and O–H groups in total. The Balaban J connectivity index is 2.75. The predicted octanol–water partition coefficient (Wildman–Crippen LogP) is 4.38. The van der Waals surface area contributed by atoms with Crippen molar-refractivity contribution in [2.75, 3.05) is 13.2 Å². The van der Waals surface area contributed by atoms with E-state index in [1.807, 2.05) is 6.92 Å². The molecule has 0 spiro atoms. The Morgan fingerprint density at radius 2 is 1.74 bits per heavy atom. The van der Waals surface area contributed by atoms with Crippen molar-refractivity contribution in [3.63, 3.8) is 0 Å². The molecule has 0 aromatic heterocycles. The Morgan fingerprint density at radius 3 is 2.39 bits per heavy atom. The first-order valence-electron chi connectivity index (χ1n) is 8.10. The van der Waals surface area contributed by atoms with Crippen molar-refractivity contribution >= 4 is 11.9 Å². The standard InChI is InChI=1S/C18H25FO4/c1-4-5-11-23-18(21)16-14(9-6-10-15(16)19)17(20)22-12-7-8-13(2)3/h6,9-10,13H,4-5,7-8,11-12H2,1-3H3. The van der Waals surface area contributed by atoms with Crippen LogP contribution in [0.1, 0.15) is 67.2 Å². The van der Waals surface area contributed by atoms with Crippen LogP contribution in [0.4, 0.5) is 4.39 Å². The van der Waals surface area contributed by atoms with Crippen LogP contribution in [0.25, 0.3) is 0 Å². The molecule has 0 aliphatic heterocycles. The highest BCUT2D eigenvalue weighted by atomic mass is 19.1. The fourth-order valence-corrected chi connectivity index (χ4v) is 2.02. The van der Waals surface area contributed by atoms with Crippen molar-refractivity contribution in [3.8, 4) is 0 Å². The molecule has 0 unspecified atom stereocenters. The van der Waals surface area contributed by atoms with Gasteiger partial charge in [-0.1, -0.05) is 33.3 Å². The Bertz CT molecular complexity index is 526. The van der Waals surface area contributed by atoms with Gasteiger partial charge in [0.15, 0.2) is 0 Å². The van der Waals surface area contributed by atoms with Crippen molar-refractivity contribution in [3.05, 3.63) is 35.1 Å². The van der Waals surface area contributed by atoms with E-state index in [0.29, 0.717) is 12.3 Å². The van der Waals surface area contributed by atoms with Crippen LogP contribution < -0.4 is 0 Å². The van der Waals surface area contributed by atoms with Crippen LogP contribution in [0.15, 0.2) is 18.2 Å². The van der Waals surface area contributed by atoms with Gasteiger partial charge in [-0.05, 0) is 37.3 Å². The number of hydrogen-bond acceptors (Lipinski definition) is 4. The number of halogens is 1. The smallest absolute Gasteiger partial charge is 0.342 e. The zero-order valence-corrected chi connectivity index (χ0v) is 14.1. The minimum absolute atomic E-state index is 0.0870. The van der Waals surface area contributed by atoms with E-state index in [-0.39, 0.29) is 24.3 Å². The third kappa shape index (κ3) is 6.38. The quantitative estimate of drug-likeness (QED) is 0.500. The van der Waals surface area contributed by atoms with Gasteiger partial charge in [0.05, 0.1) is 18.8 Å². The van der Waals surface area contributed by atoms with Crippen LogP contribution in [-0.2, 0) is 9.47 Å². The van der Waals surface area contributed by atoms with Gasteiger partial charge in [0, 0.05) is 0 Å². The summed E-state index contributed by atoms with van der Waals surface area (Å²) < 4.78 is 24.1. The largest absolute Gasteiger partial charge is 0.462 e. The Hall–Kier alpha value is -1.91. The molecule has 0 fully saturated rings. The van der Waals surface area contributed by atoms with Gasteiger partial charge >= 0.3 is 11.9 Å². The first kappa shape index (κ1) is 19.1. The summed E-state index contributed by atoms with van der Waals surface area (Å²) in [6.45, 7) is 6.57. The summed E-state index contributed by atoms with van der Waals surface area (Å²) >= 11 is 0. The maximum Gasteiger partial charge on any atom is 0.342 e. The number of hydrogen-bond donors (Lipinski definition) is 0. The number of carbonyl (C=O) groups excluding carboxylic acids is 2. The molecule has 23 heavy (non-hydrogen) atoms. The molecule has 128 valence electrons. The van der Waals surface area contributed by atoms with Gasteiger partial charge < -0.3 is 9.47 Å². The summed E-state index contributed by atoms with van der Waals surface area (Å²) in [5.74, 6) is -1.78. The fourth-order valence-electron chi connectivity index (χ4n) is 2.02. The van der Waals surface area contributed by atoms with E-state index in [2.05, 4.69) is 13.8 Å². The number of carbonyl (C=O) groups is 2. The molecule has 0 amide bonds. The second-order valence-corrected chi connectivity index (χ2v) is 5.82. The van der Waals surface area contributed by atoms with Crippen LogP contribution >= 0.6 is 0 Å². The maximum absolute atomic E-state index is 14.0. The summed E-state index contributed by atoms with van der Waals surface area (Å²) in [5.41, 5.74) is -0.437. The zero-order chi connectivity index (χ0) is 17.2. The summed E-state index contributed by atoms with van der Waals surface area (Å²) in [5, 5.41) is 0. The minimum Gasteiger partial charge on any atom is -0.462 e. The average Bonchev–Trinajstić information content (AvgIpc) is 2.51. The summed E-state index contributed by atoms with van der Waals surface area (Å²) in [6.07, 6.45) is 3.21. The first-order valence-corrected chi connectivity index (χ1v) is 8.10. The normalized spacial score (nSPS) is 10.7. The second-order valence-electron chi connectivity index (χ2n) is 5.82. The molecule has 4 nitrogen and oxygen atoms in total. The second kappa shape index (κ2) is 9.98. The minimum atomic E-state index is -0.828. The molecule has 0 heterocycles. The molecule has 0 radical (unpaired) electrons. The molecule has 0 saturated carbocycles. The van der Waals surface area contributed by atoms with Crippen molar-refractivity contribution in [1.29, 1.82) is 0 Å². The number of ether oxygens (including phenoxy) is 2. The molecule has 0 atom stereocenters. The highest BCUT2D eigenvalue weighted by Crippen LogP contribution is 2.17. The first-order chi connectivity index (χ1) is 11.0. The van der Waals surface area contributed by atoms with Crippen molar-refractivity contribution in [2.24, 2.45) is 5.92 Å². The number of benzene rings is 1. The van der Waals surface area contributed by atoms with E-state index in [0.717, 1.165) is 25.3 Å². The van der Waals surface area contributed by atoms with Crippen LogP contribution in [-0.4, -0.2) is 25.2 Å². The van der Waals surface area contributed by atoms with Gasteiger partial charge in [-0.3, -0.25) is 0 Å². The van der Waals surface area contributed by atoms with Crippen LogP contribution in [0.2, 0.25) is 0 Å². The van der Waals surface area contributed by atoms with Gasteiger partial charge in [0.25, 0.3) is 0 Å². The van der Waals surface area contributed by atoms with Gasteiger partial charge in [-0.25, -0.2) is 14.0 Å². The topological polar surface area (TPSA) is 52.6 Å². The lowest BCUT2D eigenvalue weighted by atomic mass is 10.1. The fraction of sp³-hybridized carbons (Fsp3) is 0.556. The predicted molar refractivity (Wildman–Crippen MR) is 85.9 cm³/mol. The molecule has 0 aliphatic carbocycles. The van der Waals surface area contributed by atoms with Crippen LogP contribution in [0.3, 0.4) is 0 Å². The van der Waals surface area contributed by atoms with E-state index in [1.165, 1.54) is 12.1 Å². The van der Waals surface area contributed by atoms with Gasteiger partial charge in [0.2, 0.25) is 0 Å². The molecule has 5 heteroatoms. The van der Waals surface area contributed by atoms with Crippen molar-refractivity contribution < 1.29 is 23.5 Å². The molecule has 1 aromatic rings. The number of unbranched alkanes of at least 4 members (excludes halogenated alkanes) is 1. The van der Waals surface area contributed by atoms with Gasteiger partial charge in [-0.15, -0.1) is 0 Å². The average molecular weight is 324 g/mol. The van der Waals surface area contributed by atoms with Gasteiger partial charge in [0.1, 0.15) is 11.4 Å². The van der Waals surface area contributed by atoms with Crippen LogP contribution in [0.5, 0.6) is 0 Å². The number of esters is 2. The van der Waals surface area contributed by atoms with E-state index >= 15 is 0 Å². The lowest BCUT2D eigenvalue weighted by Crippen LogP contribution is -2.17. The third-order valence-electron chi connectivity index (χ3n) is 3.33. The maximum atomic E-state index is 14.0. The highest BCUT2D eigenvalue weighted by molar-refractivity contribution is 6.03. The summed E-state index contributed by atoms with van der Waals surface area (Å²) in [6, 6.07) is 3.89. The van der Waals surface area contributed by atoms with Crippen molar-refractivity contribution in [2.45, 2.75) is 46.5 Å². The monoisotopic (exact) mass is 324 g/mol. The third-order valence-corrected chi connectivity index (χ3v) is 3.33. The molecule has 1 rings (SSSR count). The van der Waals surface area contributed by atoms with Crippen LogP contribution in [0, 0.1) is 11.7 Å². The van der Waals surface area contributed by atoms with E-state index < -0.39 is 17.8 Å². The molecule has 1 aromatic carbocycles. The molecular weight excluding hydrogens is 299 g/mol. The Kier molecular flexibility index (Phi) is 8.30. The Labute approximate surface area is 137 Å². The van der Waals surface area contributed by atoms with Gasteiger partial charge in [-0.2, -0.15) is 0 Å². The molecule has 0 saturated heterocycles. The lowest BCUT2D eigenvalue weighted by molar-refractivity contribution is 0.0445. The van der Waals surface area contributed by atoms with E-state index in [1.54, 1.807) is 0 Å².